The number of aromatic carboxylic acids is 1. The molecule has 43 heteroatoms. The summed E-state index contributed by atoms with van der Waals surface area (Å²) < 4.78 is 142. The number of nitrogens with zero attached hydrogens (tertiary/aromatic N) is 6. The van der Waals surface area contributed by atoms with Gasteiger partial charge in [0.1, 0.15) is 17.5 Å². The van der Waals surface area contributed by atoms with Crippen molar-refractivity contribution in [3.63, 3.8) is 0 Å². The summed E-state index contributed by atoms with van der Waals surface area (Å²) in [6.45, 7) is 5.03. The smallest absolute Gasteiger partial charge is 0.478 e. The fraction of sp³-hybridized carbons (Fsp3) is 0.400. The largest absolute Gasteiger partial charge is 0.491 e. The number of nitrogens with two attached hydrogens (primary N) is 2. The summed E-state index contributed by atoms with van der Waals surface area (Å²) in [5.41, 5.74) is 10.6. The molecule has 0 radical (unpaired) electrons. The van der Waals surface area contributed by atoms with Crippen molar-refractivity contribution < 1.29 is 107 Å². The Balaban J connectivity index is 0.000000194. The van der Waals surface area contributed by atoms with Gasteiger partial charge in [-0.15, -0.1) is 0 Å². The molecule has 13 N–H and O–H groups in total. The summed E-state index contributed by atoms with van der Waals surface area (Å²) in [5, 5.41) is 37.9. The third-order valence-corrected chi connectivity index (χ3v) is 24.8. The summed E-state index contributed by atoms with van der Waals surface area (Å²) in [5.74, 6) is -5.56. The number of amides is 7. The molecule has 30 nitrogen and oxygen atoms in total. The number of carboxylic acids is 1. The minimum atomic E-state index is -4.99. The summed E-state index contributed by atoms with van der Waals surface area (Å²) in [6, 6.07) is 28.4. The van der Waals surface area contributed by atoms with Crippen molar-refractivity contribution in [1.29, 1.82) is 0 Å². The number of aromatic amines is 2. The van der Waals surface area contributed by atoms with E-state index in [1.165, 1.54) is 66.3 Å². The highest BCUT2D eigenvalue weighted by Gasteiger charge is 2.39. The maximum atomic E-state index is 15.2. The Labute approximate surface area is 774 Å². The number of carboxylic acid groups (broad SMARTS) is 1. The number of halogens is 11. The number of nitrogen functional groups attached to an aromatic ring is 2. The van der Waals surface area contributed by atoms with Crippen LogP contribution in [0, 0.1) is 17.5 Å². The van der Waals surface area contributed by atoms with Gasteiger partial charge >= 0.3 is 32.4 Å². The van der Waals surface area contributed by atoms with Crippen LogP contribution in [0.2, 0.25) is 0 Å². The molecular weight excluding hydrogens is 1860 g/mol. The highest BCUT2D eigenvalue weighted by Crippen LogP contribution is 2.53. The van der Waals surface area contributed by atoms with Crippen LogP contribution in [0.1, 0.15) is 173 Å². The van der Waals surface area contributed by atoms with Crippen LogP contribution in [0.4, 0.5) is 73.6 Å². The summed E-state index contributed by atoms with van der Waals surface area (Å²) >= 11 is 8.62. The van der Waals surface area contributed by atoms with Gasteiger partial charge in [-0.05, 0) is 161 Å². The number of likely N-dealkylation sites (N-methyl/N-ethyl adjacent to an activating group) is 3. The molecule has 7 amide bonds. The molecule has 3 aliphatic heterocycles. The Bertz CT molecular complexity index is 5640. The first kappa shape index (κ1) is 105. The monoisotopic (exact) mass is 1960 g/mol. The van der Waals surface area contributed by atoms with Crippen molar-refractivity contribution in [2.75, 3.05) is 125 Å². The average molecular weight is 1970 g/mol. The maximum Gasteiger partial charge on any atom is 0.491 e. The molecule has 6 fully saturated rings. The Kier molecular flexibility index (Phi) is 38.1. The van der Waals surface area contributed by atoms with Crippen molar-refractivity contribution in [3.05, 3.63) is 215 Å². The van der Waals surface area contributed by atoms with E-state index >= 15 is 4.39 Å². The lowest BCUT2D eigenvalue weighted by molar-refractivity contribution is -0.138. The minimum Gasteiger partial charge on any atom is -0.478 e. The van der Waals surface area contributed by atoms with E-state index in [2.05, 4.69) is 51.2 Å². The molecule has 2 aromatic heterocycles. The van der Waals surface area contributed by atoms with Crippen LogP contribution in [-0.4, -0.2) is 206 Å². The van der Waals surface area contributed by atoms with Crippen LogP contribution in [0.3, 0.4) is 0 Å². The Morgan fingerprint density at radius 2 is 0.850 bits per heavy atom. The molecule has 0 atom stereocenters. The van der Waals surface area contributed by atoms with E-state index < -0.39 is 89.1 Å². The van der Waals surface area contributed by atoms with E-state index in [9.17, 15) is 87.6 Å². The van der Waals surface area contributed by atoms with Crippen molar-refractivity contribution in [3.8, 4) is 22.3 Å². The number of hydrogen-bond acceptors (Lipinski definition) is 20. The number of piperazine rings is 3. The number of pyridine rings is 2. The number of hydrogen-bond donors (Lipinski definition) is 11. The Morgan fingerprint density at radius 1 is 0.489 bits per heavy atom. The molecule has 3 saturated heterocycles. The summed E-state index contributed by atoms with van der Waals surface area (Å²) in [4.78, 5) is 134. The number of aromatic nitrogens is 2. The van der Waals surface area contributed by atoms with Crippen LogP contribution in [0.15, 0.2) is 148 Å². The van der Waals surface area contributed by atoms with Gasteiger partial charge in [0.25, 0.3) is 23.6 Å². The fourth-order valence-corrected chi connectivity index (χ4v) is 17.0. The SMILES string of the molecule is CCOP(=O)(Cl)OCC.CN1CCN(c2ccc(-c3cc(C(=O)NC4CCCCC4)ccc3F)cc2N)CC1=O.CN1CCN(c2ccc(-c3cc(C(=O)NC4CCCCC4)ccc3F)cc2NC(=O)c2c[nH]c(=O)cc2C(F)(F)F)CC1=O.CN1CCN(c2ccc(Br)cc2N)CC1=O.O=C(NC1CCCCC1)c1ccc(F)c(B(O)O)c1.O=C(O)c1c[nH]c(=O)cc1C(F)(F)F. The highest BCUT2D eigenvalue weighted by molar-refractivity contribution is 9.10. The lowest BCUT2D eigenvalue weighted by Crippen LogP contribution is -2.48. The topological polar surface area (TPSA) is 418 Å². The van der Waals surface area contributed by atoms with Gasteiger partial charge in [0, 0.05) is 152 Å². The number of nitrogens with one attached hydrogen (secondary N) is 6. The number of carbonyl (C=O) groups is 8. The second-order valence-corrected chi connectivity index (χ2v) is 35.6. The summed E-state index contributed by atoms with van der Waals surface area (Å²) in [6.07, 6.45) is 7.04. The first-order valence-corrected chi connectivity index (χ1v) is 46.1. The quantitative estimate of drug-likeness (QED) is 0.0155. The van der Waals surface area contributed by atoms with Gasteiger partial charge in [-0.2, -0.15) is 26.3 Å². The number of alkyl halides is 6. The van der Waals surface area contributed by atoms with Crippen LogP contribution in [0.5, 0.6) is 0 Å². The first-order chi connectivity index (χ1) is 62.9. The third-order valence-electron chi connectivity index (χ3n) is 22.6. The van der Waals surface area contributed by atoms with Crippen LogP contribution >= 0.6 is 34.1 Å². The molecule has 133 heavy (non-hydrogen) atoms. The zero-order valence-electron chi connectivity index (χ0n) is 73.5. The van der Waals surface area contributed by atoms with Crippen molar-refractivity contribution >= 4 is 128 Å². The Morgan fingerprint density at radius 3 is 1.23 bits per heavy atom. The van der Waals surface area contributed by atoms with Gasteiger partial charge in [0.2, 0.25) is 28.8 Å². The van der Waals surface area contributed by atoms with Crippen LogP contribution < -0.4 is 64.0 Å². The number of anilines is 6. The summed E-state index contributed by atoms with van der Waals surface area (Å²) in [7, 11) is 3.33. The molecule has 3 aliphatic carbocycles. The van der Waals surface area contributed by atoms with E-state index in [-0.39, 0.29) is 106 Å². The minimum absolute atomic E-state index is 0.0145. The fourth-order valence-electron chi connectivity index (χ4n) is 15.3. The number of rotatable bonds is 19. The molecular formula is C90H105BBrClF9N14O16P. The molecule has 0 bridgehead atoms. The molecule has 716 valence electrons. The molecule has 3 saturated carbocycles. The van der Waals surface area contributed by atoms with Crippen molar-refractivity contribution in [2.45, 2.75) is 141 Å². The zero-order chi connectivity index (χ0) is 97.3. The van der Waals surface area contributed by atoms with Gasteiger partial charge in [-0.25, -0.2) is 22.5 Å². The van der Waals surface area contributed by atoms with E-state index in [4.69, 9.17) is 37.9 Å². The second kappa shape index (κ2) is 48.3. The molecule has 0 unspecified atom stereocenters. The lowest BCUT2D eigenvalue weighted by atomic mass is 9.79. The number of carbonyl (C=O) groups excluding carboxylic acids is 7. The van der Waals surface area contributed by atoms with E-state index in [1.807, 2.05) is 46.1 Å². The standard InChI is InChI=1S/C31H31F4N5O4.C24H29FN4O2.C13H17BFNO3.C11H14BrN3O.C7H4F3NO3.C4H10ClO3P/c1-39-11-12-40(17-28(39)42)26-10-8-18(14-25(26)38-30(44)22-16-36-27(41)15-23(22)31(33,34)35)21-13-19(7-9-24(21)32)29(43)37-20-5-3-2-4-6-20;1-28-11-12-29(15-23(28)30)22-10-8-16(14-21(22)26)19-13-17(7-9-20(19)25)24(31)27-18-5-3-2-4-6-18;15-12-7-6-9(8-11(12)14(18)19)13(17)16-10-4-2-1-3-5-10;1-14-4-5-15(7-11(14)16)10-3-2-8(12)6-9(10)13;8-7(9,10)4-1-5(12)11-2-3(4)6(13)14;1-3-7-9(5,6)8-4-2/h7-10,13-16,20H,2-6,11-12,17H2,1H3,(H,36,41)(H,37,43)(H,38,44);7-10,13-14,18H,2-6,11-12,15,26H2,1H3,(H,27,31);6-8,10,18-19H,1-5H2,(H,16,17);2-3,6H,4-5,7,13H2,1H3;1-2H,(H,11,12)(H,13,14);3-4H2,1-2H3. The average Bonchev–Trinajstić information content (AvgIpc) is 0.788. The molecule has 14 rings (SSSR count). The third kappa shape index (κ3) is 30.4. The van der Waals surface area contributed by atoms with E-state index in [0.717, 1.165) is 125 Å². The van der Waals surface area contributed by atoms with Gasteiger partial charge in [-0.3, -0.25) is 52.2 Å². The highest BCUT2D eigenvalue weighted by atomic mass is 79.9. The lowest BCUT2D eigenvalue weighted by Gasteiger charge is -2.34. The van der Waals surface area contributed by atoms with E-state index in [1.54, 1.807) is 66.9 Å². The Hall–Kier alpha value is -11.7. The van der Waals surface area contributed by atoms with E-state index in [0.29, 0.717) is 98.2 Å². The predicted octanol–water partition coefficient (Wildman–Crippen LogP) is 13.6. The number of benzene rings is 6. The predicted molar refractivity (Wildman–Crippen MR) is 491 cm³/mol. The molecule has 6 aromatic carbocycles. The normalized spacial score (nSPS) is 15.8. The van der Waals surface area contributed by atoms with Gasteiger partial charge in [0.05, 0.1) is 89.2 Å². The van der Waals surface area contributed by atoms with Gasteiger partial charge in [0.15, 0.2) is 0 Å². The number of H-pyrrole nitrogens is 2. The van der Waals surface area contributed by atoms with Gasteiger partial charge < -0.3 is 87.3 Å². The second-order valence-electron chi connectivity index (χ2n) is 32.1. The molecule has 6 aliphatic rings. The molecule has 0 spiro atoms. The van der Waals surface area contributed by atoms with Crippen LogP contribution in [-0.2, 0) is 40.3 Å². The maximum absolute atomic E-state index is 15.2. The van der Waals surface area contributed by atoms with Crippen LogP contribution in [0.25, 0.3) is 22.3 Å². The van der Waals surface area contributed by atoms with Crippen molar-refractivity contribution in [1.82, 2.24) is 40.6 Å². The van der Waals surface area contributed by atoms with Crippen molar-refractivity contribution in [2.24, 2.45) is 0 Å². The first-order valence-electron chi connectivity index (χ1n) is 42.9. The molecule has 5 heterocycles. The van der Waals surface area contributed by atoms with Gasteiger partial charge in [-0.1, -0.05) is 85.9 Å². The molecule has 8 aromatic rings. The zero-order valence-corrected chi connectivity index (χ0v) is 76.7.